The van der Waals surface area contributed by atoms with Crippen molar-refractivity contribution in [1.29, 1.82) is 0 Å². The molecule has 2 saturated heterocycles. The fraction of sp³-hybridized carbons (Fsp3) is 0.478. The molecule has 0 spiro atoms. The molecule has 0 bridgehead atoms. The molecule has 30 heavy (non-hydrogen) atoms. The Balaban J connectivity index is 1.32. The van der Waals surface area contributed by atoms with E-state index in [9.17, 15) is 9.59 Å². The second-order valence-electron chi connectivity index (χ2n) is 8.18. The molecule has 2 aliphatic heterocycles. The van der Waals surface area contributed by atoms with Crippen LogP contribution in [0.25, 0.3) is 11.3 Å². The number of aryl methyl sites for hydroxylation is 1. The van der Waals surface area contributed by atoms with Crippen molar-refractivity contribution in [2.75, 3.05) is 44.2 Å². The van der Waals surface area contributed by atoms with Gasteiger partial charge in [0.25, 0.3) is 0 Å². The van der Waals surface area contributed by atoms with Crippen LogP contribution >= 0.6 is 0 Å². The normalized spacial score (nSPS) is 17.9. The molecule has 0 unspecified atom stereocenters. The summed E-state index contributed by atoms with van der Waals surface area (Å²) < 4.78 is 0. The first kappa shape index (κ1) is 20.3. The van der Waals surface area contributed by atoms with Crippen molar-refractivity contribution in [2.45, 2.75) is 26.7 Å². The van der Waals surface area contributed by atoms with E-state index in [1.54, 1.807) is 6.92 Å². The zero-order valence-corrected chi connectivity index (χ0v) is 17.8. The third-order valence-corrected chi connectivity index (χ3v) is 6.28. The molecule has 158 valence electrons. The molecular weight excluding hydrogens is 378 g/mol. The van der Waals surface area contributed by atoms with Crippen molar-refractivity contribution in [1.82, 2.24) is 20.0 Å². The Hall–Kier alpha value is -2.96. The molecule has 0 aliphatic carbocycles. The summed E-state index contributed by atoms with van der Waals surface area (Å²) in [5, 5.41) is 8.88. The van der Waals surface area contributed by atoms with E-state index in [2.05, 4.69) is 34.2 Å². The van der Waals surface area contributed by atoms with Crippen molar-refractivity contribution in [3.8, 4) is 11.3 Å². The summed E-state index contributed by atoms with van der Waals surface area (Å²) in [6.07, 6.45) is 1.65. The van der Waals surface area contributed by atoms with E-state index in [0.717, 1.165) is 43.0 Å². The second-order valence-corrected chi connectivity index (χ2v) is 8.18. The van der Waals surface area contributed by atoms with Gasteiger partial charge in [0, 0.05) is 57.7 Å². The van der Waals surface area contributed by atoms with Crippen LogP contribution in [0, 0.1) is 12.8 Å². The minimum absolute atomic E-state index is 0.0596. The Labute approximate surface area is 177 Å². The van der Waals surface area contributed by atoms with Gasteiger partial charge in [-0.2, -0.15) is 0 Å². The summed E-state index contributed by atoms with van der Waals surface area (Å²) in [5.74, 6) is 1.25. The highest BCUT2D eigenvalue weighted by molar-refractivity contribution is 5.80. The van der Waals surface area contributed by atoms with Gasteiger partial charge >= 0.3 is 0 Å². The average Bonchev–Trinajstić information content (AvgIpc) is 2.79. The van der Waals surface area contributed by atoms with Crippen LogP contribution in [0.1, 0.15) is 25.3 Å². The summed E-state index contributed by atoms with van der Waals surface area (Å²) in [5.41, 5.74) is 3.17. The predicted octanol–water partition coefficient (Wildman–Crippen LogP) is 2.36. The van der Waals surface area contributed by atoms with Crippen LogP contribution in [-0.4, -0.2) is 71.1 Å². The van der Waals surface area contributed by atoms with Crippen molar-refractivity contribution in [3.63, 3.8) is 0 Å². The molecule has 7 nitrogen and oxygen atoms in total. The first-order valence-corrected chi connectivity index (χ1v) is 10.7. The standard InChI is InChI=1S/C23H29N5O2/c1-17-5-3-4-6-20(17)21-7-8-22(25-24-21)27-11-9-19(10-12-27)23(30)28-15-13-26(14-16-28)18(2)29/h3-8,19H,9-16H2,1-2H3. The molecule has 2 amide bonds. The lowest BCUT2D eigenvalue weighted by atomic mass is 9.95. The lowest BCUT2D eigenvalue weighted by Gasteiger charge is -2.38. The van der Waals surface area contributed by atoms with Gasteiger partial charge in [-0.1, -0.05) is 24.3 Å². The minimum Gasteiger partial charge on any atom is -0.355 e. The molecule has 1 aromatic heterocycles. The van der Waals surface area contributed by atoms with E-state index >= 15 is 0 Å². The molecule has 2 fully saturated rings. The van der Waals surface area contributed by atoms with Gasteiger partial charge in [0.05, 0.1) is 5.69 Å². The maximum Gasteiger partial charge on any atom is 0.225 e. The SMILES string of the molecule is CC(=O)N1CCN(C(=O)C2CCN(c3ccc(-c4ccccc4C)nn3)CC2)CC1. The molecule has 0 radical (unpaired) electrons. The Kier molecular flexibility index (Phi) is 5.97. The van der Waals surface area contributed by atoms with Crippen molar-refractivity contribution < 1.29 is 9.59 Å². The number of amides is 2. The minimum atomic E-state index is 0.0596. The van der Waals surface area contributed by atoms with Gasteiger partial charge < -0.3 is 14.7 Å². The van der Waals surface area contributed by atoms with E-state index in [0.29, 0.717) is 26.2 Å². The average molecular weight is 408 g/mol. The molecule has 3 heterocycles. The molecule has 2 aliphatic rings. The summed E-state index contributed by atoms with van der Waals surface area (Å²) >= 11 is 0. The number of piperazine rings is 1. The summed E-state index contributed by atoms with van der Waals surface area (Å²) in [6, 6.07) is 12.2. The number of aromatic nitrogens is 2. The molecule has 0 saturated carbocycles. The second kappa shape index (κ2) is 8.81. The van der Waals surface area contributed by atoms with Crippen LogP contribution in [0.3, 0.4) is 0 Å². The van der Waals surface area contributed by atoms with Gasteiger partial charge in [-0.05, 0) is 37.5 Å². The lowest BCUT2D eigenvalue weighted by Crippen LogP contribution is -2.52. The van der Waals surface area contributed by atoms with Crippen LogP contribution in [0.15, 0.2) is 36.4 Å². The molecule has 0 N–H and O–H groups in total. The van der Waals surface area contributed by atoms with Gasteiger partial charge in [0.1, 0.15) is 0 Å². The van der Waals surface area contributed by atoms with Crippen LogP contribution in [0.2, 0.25) is 0 Å². The van der Waals surface area contributed by atoms with E-state index in [1.807, 2.05) is 34.1 Å². The highest BCUT2D eigenvalue weighted by Gasteiger charge is 2.31. The predicted molar refractivity (Wildman–Crippen MR) is 116 cm³/mol. The fourth-order valence-corrected chi connectivity index (χ4v) is 4.35. The Morgan fingerprint density at radius 1 is 0.867 bits per heavy atom. The zero-order chi connectivity index (χ0) is 21.1. The van der Waals surface area contributed by atoms with Crippen LogP contribution in [0.4, 0.5) is 5.82 Å². The van der Waals surface area contributed by atoms with E-state index in [-0.39, 0.29) is 17.7 Å². The number of nitrogens with zero attached hydrogens (tertiary/aromatic N) is 5. The van der Waals surface area contributed by atoms with Crippen molar-refractivity contribution in [2.24, 2.45) is 5.92 Å². The summed E-state index contributed by atoms with van der Waals surface area (Å²) in [6.45, 7) is 7.85. The maximum absolute atomic E-state index is 12.9. The van der Waals surface area contributed by atoms with Gasteiger partial charge in [-0.25, -0.2) is 0 Å². The van der Waals surface area contributed by atoms with Gasteiger partial charge in [0.15, 0.2) is 5.82 Å². The van der Waals surface area contributed by atoms with Crippen molar-refractivity contribution in [3.05, 3.63) is 42.0 Å². The number of carbonyl (C=O) groups excluding carboxylic acids is 2. The summed E-state index contributed by atoms with van der Waals surface area (Å²) in [4.78, 5) is 30.3. The number of hydrogen-bond acceptors (Lipinski definition) is 5. The first-order chi connectivity index (χ1) is 14.5. The highest BCUT2D eigenvalue weighted by Crippen LogP contribution is 2.26. The third kappa shape index (κ3) is 4.30. The van der Waals surface area contributed by atoms with Gasteiger partial charge in [-0.3, -0.25) is 9.59 Å². The Morgan fingerprint density at radius 2 is 1.53 bits per heavy atom. The molecule has 1 aromatic carbocycles. The molecule has 0 atom stereocenters. The maximum atomic E-state index is 12.9. The Morgan fingerprint density at radius 3 is 2.13 bits per heavy atom. The smallest absolute Gasteiger partial charge is 0.225 e. The van der Waals surface area contributed by atoms with Crippen molar-refractivity contribution >= 4 is 17.6 Å². The van der Waals surface area contributed by atoms with Gasteiger partial charge in [0.2, 0.25) is 11.8 Å². The van der Waals surface area contributed by atoms with Crippen LogP contribution in [0.5, 0.6) is 0 Å². The third-order valence-electron chi connectivity index (χ3n) is 6.28. The molecule has 7 heteroatoms. The topological polar surface area (TPSA) is 69.6 Å². The van der Waals surface area contributed by atoms with Crippen LogP contribution < -0.4 is 4.90 Å². The fourth-order valence-electron chi connectivity index (χ4n) is 4.35. The highest BCUT2D eigenvalue weighted by atomic mass is 16.2. The monoisotopic (exact) mass is 407 g/mol. The number of anilines is 1. The summed E-state index contributed by atoms with van der Waals surface area (Å²) in [7, 11) is 0. The van der Waals surface area contributed by atoms with E-state index in [4.69, 9.17) is 0 Å². The number of hydrogen-bond donors (Lipinski definition) is 0. The number of benzene rings is 1. The first-order valence-electron chi connectivity index (χ1n) is 10.7. The Bertz CT molecular complexity index is 898. The number of rotatable bonds is 3. The molecule has 4 rings (SSSR count). The van der Waals surface area contributed by atoms with Gasteiger partial charge in [-0.15, -0.1) is 10.2 Å². The zero-order valence-electron chi connectivity index (χ0n) is 17.8. The quantitative estimate of drug-likeness (QED) is 0.781. The van der Waals surface area contributed by atoms with E-state index in [1.165, 1.54) is 5.56 Å². The number of piperidine rings is 1. The van der Waals surface area contributed by atoms with Crippen LogP contribution in [-0.2, 0) is 9.59 Å². The lowest BCUT2D eigenvalue weighted by molar-refractivity contribution is -0.141. The molecular formula is C23H29N5O2. The van der Waals surface area contributed by atoms with E-state index < -0.39 is 0 Å². The largest absolute Gasteiger partial charge is 0.355 e. The number of carbonyl (C=O) groups is 2. The molecule has 2 aromatic rings.